The third-order valence-corrected chi connectivity index (χ3v) is 3.42. The van der Waals surface area contributed by atoms with Gasteiger partial charge in [-0.25, -0.2) is 4.98 Å². The van der Waals surface area contributed by atoms with Gasteiger partial charge in [0.05, 0.1) is 0 Å². The Morgan fingerprint density at radius 2 is 1.90 bits per heavy atom. The maximum Gasteiger partial charge on any atom is 0.128 e. The Balaban J connectivity index is 2.80. The van der Waals surface area contributed by atoms with Crippen LogP contribution in [0.15, 0.2) is 12.1 Å². The molecule has 1 rings (SSSR count). The molecule has 0 aliphatic carbocycles. The summed E-state index contributed by atoms with van der Waals surface area (Å²) in [5, 5.41) is 3.48. The van der Waals surface area contributed by atoms with E-state index in [0.29, 0.717) is 0 Å². The van der Waals surface area contributed by atoms with E-state index in [9.17, 15) is 0 Å². The normalized spacial score (nSPS) is 10.8. The first-order chi connectivity index (χ1) is 9.71. The zero-order chi connectivity index (χ0) is 14.8. The lowest BCUT2D eigenvalue weighted by atomic mass is 10.1. The summed E-state index contributed by atoms with van der Waals surface area (Å²) in [6, 6.07) is 4.49. The molecule has 1 aromatic heterocycles. The zero-order valence-corrected chi connectivity index (χ0v) is 13.7. The highest BCUT2D eigenvalue weighted by Crippen LogP contribution is 2.16. The van der Waals surface area contributed by atoms with Crippen molar-refractivity contribution >= 4 is 5.82 Å². The van der Waals surface area contributed by atoms with Crippen LogP contribution in [0.4, 0.5) is 5.82 Å². The van der Waals surface area contributed by atoms with Crippen LogP contribution >= 0.6 is 0 Å². The highest BCUT2D eigenvalue weighted by Gasteiger charge is 2.06. The van der Waals surface area contributed by atoms with E-state index in [-0.39, 0.29) is 0 Å². The summed E-state index contributed by atoms with van der Waals surface area (Å²) in [4.78, 5) is 7.09. The molecule has 0 radical (unpaired) electrons. The van der Waals surface area contributed by atoms with E-state index in [1.807, 2.05) is 0 Å². The van der Waals surface area contributed by atoms with E-state index >= 15 is 0 Å². The molecule has 0 saturated carbocycles. The average Bonchev–Trinajstić information content (AvgIpc) is 2.45. The van der Waals surface area contributed by atoms with Crippen LogP contribution in [0.2, 0.25) is 0 Å². The van der Waals surface area contributed by atoms with E-state index < -0.39 is 0 Å². The van der Waals surface area contributed by atoms with Gasteiger partial charge in [-0.1, -0.05) is 33.6 Å². The molecule has 1 heterocycles. The van der Waals surface area contributed by atoms with Crippen LogP contribution in [0.1, 0.15) is 57.7 Å². The van der Waals surface area contributed by atoms with E-state index in [1.54, 1.807) is 0 Å². The Hall–Kier alpha value is -1.09. The number of hydrogen-bond donors (Lipinski definition) is 1. The third kappa shape index (κ3) is 5.91. The summed E-state index contributed by atoms with van der Waals surface area (Å²) < 4.78 is 0. The molecule has 3 nitrogen and oxygen atoms in total. The van der Waals surface area contributed by atoms with Gasteiger partial charge < -0.3 is 10.2 Å². The third-order valence-electron chi connectivity index (χ3n) is 3.42. The van der Waals surface area contributed by atoms with Crippen molar-refractivity contribution in [1.82, 2.24) is 10.3 Å². The molecule has 0 amide bonds. The molecule has 114 valence electrons. The highest BCUT2D eigenvalue weighted by molar-refractivity contribution is 5.42. The lowest BCUT2D eigenvalue weighted by molar-refractivity contribution is 0.672. The molecule has 0 unspecified atom stereocenters. The van der Waals surface area contributed by atoms with E-state index in [4.69, 9.17) is 4.98 Å². The first-order valence-corrected chi connectivity index (χ1v) is 8.12. The first kappa shape index (κ1) is 17.0. The molecule has 0 spiro atoms. The average molecular weight is 277 g/mol. The van der Waals surface area contributed by atoms with Gasteiger partial charge in [0.2, 0.25) is 0 Å². The number of nitrogens with zero attached hydrogens (tertiary/aromatic N) is 2. The lowest BCUT2D eigenvalue weighted by Gasteiger charge is -2.20. The summed E-state index contributed by atoms with van der Waals surface area (Å²) >= 11 is 0. The van der Waals surface area contributed by atoms with Gasteiger partial charge in [-0.05, 0) is 43.5 Å². The number of pyridine rings is 1. The summed E-state index contributed by atoms with van der Waals surface area (Å²) in [5.41, 5.74) is 2.58. The molecule has 0 aliphatic heterocycles. The number of unbranched alkanes of at least 4 members (excludes halogenated alkanes) is 1. The summed E-state index contributed by atoms with van der Waals surface area (Å²) in [7, 11) is 2.15. The van der Waals surface area contributed by atoms with Crippen molar-refractivity contribution in [1.29, 1.82) is 0 Å². The predicted molar refractivity (Wildman–Crippen MR) is 88.4 cm³/mol. The van der Waals surface area contributed by atoms with E-state index in [2.05, 4.69) is 50.2 Å². The Kier molecular flexibility index (Phi) is 8.28. The molecular formula is C17H31N3. The Morgan fingerprint density at radius 3 is 2.55 bits per heavy atom. The van der Waals surface area contributed by atoms with Crippen LogP contribution in [-0.4, -0.2) is 25.1 Å². The Bertz CT molecular complexity index is 376. The van der Waals surface area contributed by atoms with E-state index in [1.165, 1.54) is 30.5 Å². The molecule has 3 heteroatoms. The molecule has 1 N–H and O–H groups in total. The molecule has 0 bridgehead atoms. The topological polar surface area (TPSA) is 28.2 Å². The number of aromatic nitrogens is 1. The van der Waals surface area contributed by atoms with Crippen molar-refractivity contribution in [3.63, 3.8) is 0 Å². The molecule has 0 aromatic carbocycles. The van der Waals surface area contributed by atoms with Gasteiger partial charge in [-0.3, -0.25) is 0 Å². The zero-order valence-electron chi connectivity index (χ0n) is 13.7. The number of nitrogens with one attached hydrogen (secondary N) is 1. The van der Waals surface area contributed by atoms with Crippen molar-refractivity contribution < 1.29 is 0 Å². The number of aryl methyl sites for hydroxylation is 1. The van der Waals surface area contributed by atoms with Gasteiger partial charge >= 0.3 is 0 Å². The van der Waals surface area contributed by atoms with Gasteiger partial charge in [-0.2, -0.15) is 0 Å². The summed E-state index contributed by atoms with van der Waals surface area (Å²) in [6.07, 6.45) is 5.84. The second kappa shape index (κ2) is 9.76. The minimum absolute atomic E-state index is 0.946. The van der Waals surface area contributed by atoms with Gasteiger partial charge in [0.25, 0.3) is 0 Å². The van der Waals surface area contributed by atoms with Gasteiger partial charge in [-0.15, -0.1) is 0 Å². The quantitative estimate of drug-likeness (QED) is 0.660. The molecule has 0 aliphatic rings. The minimum atomic E-state index is 0.946. The molecule has 20 heavy (non-hydrogen) atoms. The van der Waals surface area contributed by atoms with Crippen molar-refractivity contribution in [3.8, 4) is 0 Å². The van der Waals surface area contributed by atoms with Crippen LogP contribution < -0.4 is 10.2 Å². The second-order valence-corrected chi connectivity index (χ2v) is 5.53. The number of anilines is 1. The standard InChI is InChI=1S/C17H31N3/c1-5-8-11-20(4)17-13-15(14-18-10-7-3)12-16(19-17)9-6-2/h12-13,18H,5-11,14H2,1-4H3. The van der Waals surface area contributed by atoms with E-state index in [0.717, 1.165) is 38.3 Å². The fourth-order valence-electron chi connectivity index (χ4n) is 2.23. The van der Waals surface area contributed by atoms with Gasteiger partial charge in [0, 0.05) is 25.8 Å². The lowest BCUT2D eigenvalue weighted by Crippen LogP contribution is -2.21. The summed E-state index contributed by atoms with van der Waals surface area (Å²) in [6.45, 7) is 9.75. The monoisotopic (exact) mass is 277 g/mol. The highest BCUT2D eigenvalue weighted by atomic mass is 15.2. The fraction of sp³-hybridized carbons (Fsp3) is 0.706. The van der Waals surface area contributed by atoms with Crippen molar-refractivity contribution in [2.24, 2.45) is 0 Å². The van der Waals surface area contributed by atoms with Gasteiger partial charge in [0.15, 0.2) is 0 Å². The van der Waals surface area contributed by atoms with Crippen molar-refractivity contribution in [2.75, 3.05) is 25.0 Å². The number of rotatable bonds is 10. The first-order valence-electron chi connectivity index (χ1n) is 8.12. The largest absolute Gasteiger partial charge is 0.360 e. The molecule has 0 atom stereocenters. The molecular weight excluding hydrogens is 246 g/mol. The number of hydrogen-bond acceptors (Lipinski definition) is 3. The van der Waals surface area contributed by atoms with Crippen LogP contribution in [0.3, 0.4) is 0 Å². The smallest absolute Gasteiger partial charge is 0.128 e. The SMILES string of the molecule is CCCCN(C)c1cc(CNCCC)cc(CCC)n1. The summed E-state index contributed by atoms with van der Waals surface area (Å²) in [5.74, 6) is 1.12. The fourth-order valence-corrected chi connectivity index (χ4v) is 2.23. The molecule has 0 fully saturated rings. The maximum atomic E-state index is 4.80. The van der Waals surface area contributed by atoms with Crippen LogP contribution in [0.5, 0.6) is 0 Å². The molecule has 0 saturated heterocycles. The van der Waals surface area contributed by atoms with Crippen molar-refractivity contribution in [3.05, 3.63) is 23.4 Å². The van der Waals surface area contributed by atoms with Crippen LogP contribution in [0.25, 0.3) is 0 Å². The Morgan fingerprint density at radius 1 is 1.10 bits per heavy atom. The Labute approximate surface area is 124 Å². The van der Waals surface area contributed by atoms with Crippen LogP contribution in [-0.2, 0) is 13.0 Å². The second-order valence-electron chi connectivity index (χ2n) is 5.53. The van der Waals surface area contributed by atoms with Crippen LogP contribution in [0, 0.1) is 0 Å². The maximum absolute atomic E-state index is 4.80. The van der Waals surface area contributed by atoms with Gasteiger partial charge in [0.1, 0.15) is 5.82 Å². The minimum Gasteiger partial charge on any atom is -0.360 e. The van der Waals surface area contributed by atoms with Crippen molar-refractivity contribution in [2.45, 2.75) is 59.4 Å². The predicted octanol–water partition coefficient (Wildman–Crippen LogP) is 3.77. The molecule has 1 aromatic rings.